The minimum atomic E-state index is -0.580. The number of halogens is 2. The lowest BCUT2D eigenvalue weighted by molar-refractivity contribution is -0.121. The van der Waals surface area contributed by atoms with Crippen LogP contribution < -0.4 is 10.6 Å². The summed E-state index contributed by atoms with van der Waals surface area (Å²) < 4.78 is 13.6. The van der Waals surface area contributed by atoms with Crippen molar-refractivity contribution in [1.29, 1.82) is 0 Å². The number of amides is 1. The van der Waals surface area contributed by atoms with Crippen LogP contribution in [0.4, 0.5) is 15.8 Å². The van der Waals surface area contributed by atoms with Crippen molar-refractivity contribution in [3.8, 4) is 0 Å². The Morgan fingerprint density at radius 3 is 2.47 bits per heavy atom. The molecule has 2 N–H and O–H groups in total. The standard InChI is InChI=1S/C14H16ClFN2O/c15-9-7-11-12(8-10(9)16)18-14(13(19)17-11)5-3-1-2-4-6-14/h7-8,18H,1-6H2,(H,17,19). The predicted octanol–water partition coefficient (Wildman–Crippen LogP) is 3.94. The van der Waals surface area contributed by atoms with Gasteiger partial charge in [0, 0.05) is 6.07 Å². The molecule has 1 spiro atoms. The molecular weight excluding hydrogens is 267 g/mol. The van der Waals surface area contributed by atoms with Gasteiger partial charge in [-0.05, 0) is 18.9 Å². The van der Waals surface area contributed by atoms with Crippen LogP contribution in [0.3, 0.4) is 0 Å². The summed E-state index contributed by atoms with van der Waals surface area (Å²) in [6.07, 6.45) is 5.93. The Morgan fingerprint density at radius 1 is 1.11 bits per heavy atom. The molecule has 2 aliphatic rings. The average Bonchev–Trinajstić information content (AvgIpc) is 2.60. The Kier molecular flexibility index (Phi) is 3.13. The van der Waals surface area contributed by atoms with Gasteiger partial charge in [-0.3, -0.25) is 4.79 Å². The zero-order valence-electron chi connectivity index (χ0n) is 10.6. The molecule has 1 saturated carbocycles. The molecule has 0 saturated heterocycles. The summed E-state index contributed by atoms with van der Waals surface area (Å²) in [5.74, 6) is -0.489. The molecule has 0 aromatic heterocycles. The molecule has 19 heavy (non-hydrogen) atoms. The van der Waals surface area contributed by atoms with E-state index in [0.29, 0.717) is 11.4 Å². The Hall–Kier alpha value is -1.29. The van der Waals surface area contributed by atoms with Gasteiger partial charge < -0.3 is 10.6 Å². The van der Waals surface area contributed by atoms with Gasteiger partial charge in [0.2, 0.25) is 5.91 Å². The number of carbonyl (C=O) groups is 1. The third kappa shape index (κ3) is 2.18. The first-order chi connectivity index (χ1) is 9.11. The molecule has 102 valence electrons. The number of fused-ring (bicyclic) bond motifs is 1. The lowest BCUT2D eigenvalue weighted by atomic mass is 9.87. The van der Waals surface area contributed by atoms with E-state index in [2.05, 4.69) is 10.6 Å². The van der Waals surface area contributed by atoms with Gasteiger partial charge in [0.05, 0.1) is 16.4 Å². The van der Waals surface area contributed by atoms with Gasteiger partial charge in [-0.2, -0.15) is 0 Å². The van der Waals surface area contributed by atoms with Crippen LogP contribution >= 0.6 is 11.6 Å². The van der Waals surface area contributed by atoms with Crippen molar-refractivity contribution < 1.29 is 9.18 Å². The maximum atomic E-state index is 13.6. The number of nitrogens with one attached hydrogen (secondary N) is 2. The highest BCUT2D eigenvalue weighted by Gasteiger charge is 2.42. The van der Waals surface area contributed by atoms with Crippen molar-refractivity contribution in [2.24, 2.45) is 0 Å². The second kappa shape index (κ2) is 4.67. The van der Waals surface area contributed by atoms with Crippen LogP contribution in [0, 0.1) is 5.82 Å². The van der Waals surface area contributed by atoms with E-state index in [1.165, 1.54) is 12.1 Å². The first kappa shape index (κ1) is 12.7. The predicted molar refractivity (Wildman–Crippen MR) is 74.1 cm³/mol. The molecular formula is C14H16ClFN2O. The SMILES string of the molecule is O=C1Nc2cc(Cl)c(F)cc2NC12CCCCCC2. The van der Waals surface area contributed by atoms with Crippen LogP contribution in [0.15, 0.2) is 12.1 Å². The maximum Gasteiger partial charge on any atom is 0.250 e. The Morgan fingerprint density at radius 2 is 1.79 bits per heavy atom. The molecule has 1 aromatic carbocycles. The van der Waals surface area contributed by atoms with Crippen LogP contribution in [0.5, 0.6) is 0 Å². The molecule has 1 heterocycles. The monoisotopic (exact) mass is 282 g/mol. The molecule has 3 rings (SSSR count). The fourth-order valence-corrected chi connectivity index (χ4v) is 3.16. The maximum absolute atomic E-state index is 13.6. The van der Waals surface area contributed by atoms with Gasteiger partial charge in [0.15, 0.2) is 0 Å². The highest BCUT2D eigenvalue weighted by Crippen LogP contribution is 2.39. The van der Waals surface area contributed by atoms with E-state index >= 15 is 0 Å². The molecule has 1 amide bonds. The van der Waals surface area contributed by atoms with E-state index < -0.39 is 11.4 Å². The molecule has 1 fully saturated rings. The fraction of sp³-hybridized carbons (Fsp3) is 0.500. The van der Waals surface area contributed by atoms with Gasteiger partial charge in [-0.15, -0.1) is 0 Å². The number of rotatable bonds is 0. The molecule has 1 aromatic rings. The fourth-order valence-electron chi connectivity index (χ4n) is 2.99. The second-order valence-corrected chi connectivity index (χ2v) is 5.79. The summed E-state index contributed by atoms with van der Waals surface area (Å²) in [5.41, 5.74) is 0.610. The number of benzene rings is 1. The van der Waals surface area contributed by atoms with E-state index in [0.717, 1.165) is 38.5 Å². The van der Waals surface area contributed by atoms with E-state index in [1.807, 2.05) is 0 Å². The first-order valence-electron chi connectivity index (χ1n) is 6.69. The van der Waals surface area contributed by atoms with E-state index in [4.69, 9.17) is 11.6 Å². The summed E-state index contributed by atoms with van der Waals surface area (Å²) in [4.78, 5) is 12.4. The minimum Gasteiger partial charge on any atom is -0.369 e. The number of anilines is 2. The number of carbonyl (C=O) groups excluding carboxylic acids is 1. The molecule has 3 nitrogen and oxygen atoms in total. The van der Waals surface area contributed by atoms with Gasteiger partial charge in [0.1, 0.15) is 11.4 Å². The molecule has 0 unspecified atom stereocenters. The van der Waals surface area contributed by atoms with Gasteiger partial charge in [-0.25, -0.2) is 4.39 Å². The lowest BCUT2D eigenvalue weighted by Crippen LogP contribution is -2.52. The molecule has 0 atom stereocenters. The summed E-state index contributed by atoms with van der Waals surface area (Å²) in [7, 11) is 0. The van der Waals surface area contributed by atoms with E-state index in [9.17, 15) is 9.18 Å². The van der Waals surface area contributed by atoms with E-state index in [-0.39, 0.29) is 10.9 Å². The quantitative estimate of drug-likeness (QED) is 0.757. The van der Waals surface area contributed by atoms with Crippen LogP contribution in [0.1, 0.15) is 38.5 Å². The molecule has 0 bridgehead atoms. The third-order valence-corrected chi connectivity index (χ3v) is 4.36. The summed E-state index contributed by atoms with van der Waals surface area (Å²) in [6.45, 7) is 0. The topological polar surface area (TPSA) is 41.1 Å². The Bertz CT molecular complexity index is 524. The highest BCUT2D eigenvalue weighted by molar-refractivity contribution is 6.31. The van der Waals surface area contributed by atoms with E-state index in [1.54, 1.807) is 0 Å². The number of hydrogen-bond acceptors (Lipinski definition) is 2. The first-order valence-corrected chi connectivity index (χ1v) is 7.07. The lowest BCUT2D eigenvalue weighted by Gasteiger charge is -2.38. The number of hydrogen-bond donors (Lipinski definition) is 2. The minimum absolute atomic E-state index is 0.0235. The normalized spacial score (nSPS) is 21.3. The largest absolute Gasteiger partial charge is 0.369 e. The van der Waals surface area contributed by atoms with Crippen molar-refractivity contribution in [3.63, 3.8) is 0 Å². The van der Waals surface area contributed by atoms with Gasteiger partial charge in [0.25, 0.3) is 0 Å². The summed E-state index contributed by atoms with van der Waals surface area (Å²) >= 11 is 5.74. The average molecular weight is 283 g/mol. The third-order valence-electron chi connectivity index (χ3n) is 4.07. The van der Waals surface area contributed by atoms with Crippen molar-refractivity contribution in [1.82, 2.24) is 0 Å². The molecule has 1 aliphatic carbocycles. The van der Waals surface area contributed by atoms with Crippen LogP contribution in [-0.2, 0) is 4.79 Å². The van der Waals surface area contributed by atoms with Crippen molar-refractivity contribution in [3.05, 3.63) is 23.0 Å². The Balaban J connectivity index is 1.98. The molecule has 5 heteroatoms. The summed E-state index contributed by atoms with van der Waals surface area (Å²) in [6, 6.07) is 2.82. The molecule has 1 aliphatic heterocycles. The smallest absolute Gasteiger partial charge is 0.250 e. The Labute approximate surface area is 116 Å². The van der Waals surface area contributed by atoms with Crippen LogP contribution in [0.25, 0.3) is 0 Å². The zero-order valence-corrected chi connectivity index (χ0v) is 11.3. The van der Waals surface area contributed by atoms with Gasteiger partial charge >= 0.3 is 0 Å². The van der Waals surface area contributed by atoms with Gasteiger partial charge in [-0.1, -0.05) is 37.3 Å². The van der Waals surface area contributed by atoms with Crippen molar-refractivity contribution in [2.75, 3.05) is 10.6 Å². The van der Waals surface area contributed by atoms with Crippen LogP contribution in [0.2, 0.25) is 5.02 Å². The summed E-state index contributed by atoms with van der Waals surface area (Å²) in [5, 5.41) is 6.15. The highest BCUT2D eigenvalue weighted by atomic mass is 35.5. The molecule has 0 radical (unpaired) electrons. The van der Waals surface area contributed by atoms with Crippen LogP contribution in [-0.4, -0.2) is 11.4 Å². The van der Waals surface area contributed by atoms with Crippen molar-refractivity contribution in [2.45, 2.75) is 44.1 Å². The zero-order chi connectivity index (χ0) is 13.5. The van der Waals surface area contributed by atoms with Crippen molar-refractivity contribution >= 4 is 28.9 Å². The second-order valence-electron chi connectivity index (χ2n) is 5.39.